The van der Waals surface area contributed by atoms with Crippen molar-refractivity contribution in [2.45, 2.75) is 49.5 Å². The molecule has 0 radical (unpaired) electrons. The lowest BCUT2D eigenvalue weighted by atomic mass is 10.1. The molecule has 0 N–H and O–H groups in total. The average molecular weight is 336 g/mol. The lowest BCUT2D eigenvalue weighted by molar-refractivity contribution is 0.336. The van der Waals surface area contributed by atoms with Gasteiger partial charge < -0.3 is 0 Å². The van der Waals surface area contributed by atoms with E-state index < -0.39 is 10.0 Å². The first-order chi connectivity index (χ1) is 9.44. The Kier molecular flexibility index (Phi) is 5.35. The van der Waals surface area contributed by atoms with Gasteiger partial charge in [-0.3, -0.25) is 0 Å². The zero-order valence-corrected chi connectivity index (χ0v) is 13.8. The van der Waals surface area contributed by atoms with Gasteiger partial charge >= 0.3 is 0 Å². The summed E-state index contributed by atoms with van der Waals surface area (Å²) in [4.78, 5) is 0.0958. The van der Waals surface area contributed by atoms with Crippen molar-refractivity contribution in [1.29, 1.82) is 0 Å². The van der Waals surface area contributed by atoms with Crippen LogP contribution in [0.4, 0.5) is 0 Å². The first-order valence-electron chi connectivity index (χ1n) is 6.86. The molecule has 20 heavy (non-hydrogen) atoms. The van der Waals surface area contributed by atoms with E-state index in [-0.39, 0.29) is 21.0 Å². The zero-order chi connectivity index (χ0) is 14.8. The second-order valence-electron chi connectivity index (χ2n) is 5.22. The molecule has 1 fully saturated rings. The molecule has 1 aliphatic rings. The second-order valence-corrected chi connectivity index (χ2v) is 7.97. The summed E-state index contributed by atoms with van der Waals surface area (Å²) in [7, 11) is -1.95. The van der Waals surface area contributed by atoms with Crippen molar-refractivity contribution in [3.05, 3.63) is 28.2 Å². The van der Waals surface area contributed by atoms with Crippen molar-refractivity contribution < 1.29 is 8.42 Å². The third-order valence-electron chi connectivity index (χ3n) is 3.91. The number of sulfonamides is 1. The van der Waals surface area contributed by atoms with Gasteiger partial charge in [-0.15, -0.1) is 0 Å². The first-order valence-corrected chi connectivity index (χ1v) is 9.06. The molecule has 0 bridgehead atoms. The summed E-state index contributed by atoms with van der Waals surface area (Å²) < 4.78 is 26.9. The minimum Gasteiger partial charge on any atom is -0.207 e. The summed E-state index contributed by atoms with van der Waals surface area (Å²) in [6.45, 7) is 0. The maximum absolute atomic E-state index is 12.7. The molecule has 3 nitrogen and oxygen atoms in total. The largest absolute Gasteiger partial charge is 0.244 e. The van der Waals surface area contributed by atoms with E-state index in [1.165, 1.54) is 23.2 Å². The SMILES string of the molecule is CN(C1CCCCCC1)S(=O)(=O)c1cccc(Cl)c1Cl. The van der Waals surface area contributed by atoms with Gasteiger partial charge in [-0.05, 0) is 25.0 Å². The van der Waals surface area contributed by atoms with Crippen LogP contribution in [-0.4, -0.2) is 25.8 Å². The molecule has 0 unspecified atom stereocenters. The summed E-state index contributed by atoms with van der Waals surface area (Å²) in [6.07, 6.45) is 6.34. The molecule has 0 atom stereocenters. The molecule has 0 aromatic heterocycles. The smallest absolute Gasteiger partial charge is 0.207 e. The van der Waals surface area contributed by atoms with Crippen LogP contribution in [0.15, 0.2) is 23.1 Å². The number of hydrogen-bond acceptors (Lipinski definition) is 2. The highest BCUT2D eigenvalue weighted by molar-refractivity contribution is 7.89. The second kappa shape index (κ2) is 6.65. The third kappa shape index (κ3) is 3.30. The Morgan fingerprint density at radius 3 is 2.30 bits per heavy atom. The standard InChI is InChI=1S/C14H19Cl2NO2S/c1-17(11-7-4-2-3-5-8-11)20(18,19)13-10-6-9-12(15)14(13)16/h6,9-11H,2-5,7-8H2,1H3. The van der Waals surface area contributed by atoms with Gasteiger partial charge in [0.25, 0.3) is 0 Å². The Labute approximate surface area is 130 Å². The van der Waals surface area contributed by atoms with Gasteiger partial charge in [-0.1, -0.05) is 55.0 Å². The summed E-state index contributed by atoms with van der Waals surface area (Å²) in [6, 6.07) is 4.77. The lowest BCUT2D eigenvalue weighted by Crippen LogP contribution is -2.36. The Morgan fingerprint density at radius 2 is 1.70 bits per heavy atom. The van der Waals surface area contributed by atoms with Crippen LogP contribution in [0.1, 0.15) is 38.5 Å². The molecule has 1 aromatic rings. The summed E-state index contributed by atoms with van der Waals surface area (Å²) >= 11 is 12.0. The lowest BCUT2D eigenvalue weighted by Gasteiger charge is -2.26. The maximum atomic E-state index is 12.7. The fraction of sp³-hybridized carbons (Fsp3) is 0.571. The number of halogens is 2. The van der Waals surface area contributed by atoms with E-state index in [9.17, 15) is 8.42 Å². The highest BCUT2D eigenvalue weighted by Gasteiger charge is 2.30. The summed E-state index contributed by atoms with van der Waals surface area (Å²) in [5.41, 5.74) is 0. The van der Waals surface area contributed by atoms with Crippen LogP contribution >= 0.6 is 23.2 Å². The molecule has 1 saturated carbocycles. The molecule has 0 saturated heterocycles. The van der Waals surface area contributed by atoms with E-state index in [1.54, 1.807) is 19.2 Å². The van der Waals surface area contributed by atoms with E-state index >= 15 is 0 Å². The normalized spacial score (nSPS) is 18.2. The molecule has 0 spiro atoms. The van der Waals surface area contributed by atoms with Crippen molar-refractivity contribution in [2.75, 3.05) is 7.05 Å². The van der Waals surface area contributed by atoms with Gasteiger partial charge in [-0.25, -0.2) is 8.42 Å². The van der Waals surface area contributed by atoms with E-state index in [0.717, 1.165) is 25.7 Å². The van der Waals surface area contributed by atoms with Crippen LogP contribution in [0.3, 0.4) is 0 Å². The number of benzene rings is 1. The molecule has 1 aliphatic carbocycles. The van der Waals surface area contributed by atoms with Gasteiger partial charge in [0, 0.05) is 13.1 Å². The van der Waals surface area contributed by atoms with Crippen LogP contribution in [0, 0.1) is 0 Å². The molecule has 1 aromatic carbocycles. The molecular formula is C14H19Cl2NO2S. The molecular weight excluding hydrogens is 317 g/mol. The third-order valence-corrected chi connectivity index (χ3v) is 6.80. The van der Waals surface area contributed by atoms with Crippen molar-refractivity contribution in [1.82, 2.24) is 4.31 Å². The highest BCUT2D eigenvalue weighted by atomic mass is 35.5. The van der Waals surface area contributed by atoms with Crippen molar-refractivity contribution in [3.63, 3.8) is 0 Å². The Balaban J connectivity index is 2.31. The minimum absolute atomic E-state index is 0.0533. The fourth-order valence-electron chi connectivity index (χ4n) is 2.66. The molecule has 2 rings (SSSR count). The van der Waals surface area contributed by atoms with Gasteiger partial charge in [0.2, 0.25) is 10.0 Å². The molecule has 112 valence electrons. The van der Waals surface area contributed by atoms with E-state index in [0.29, 0.717) is 0 Å². The first kappa shape index (κ1) is 16.1. The minimum atomic E-state index is -3.59. The van der Waals surface area contributed by atoms with Gasteiger partial charge in [0.05, 0.1) is 10.0 Å². The monoisotopic (exact) mass is 335 g/mol. The van der Waals surface area contributed by atoms with Gasteiger partial charge in [0.15, 0.2) is 0 Å². The quantitative estimate of drug-likeness (QED) is 0.770. The van der Waals surface area contributed by atoms with Crippen molar-refractivity contribution in [2.24, 2.45) is 0 Å². The number of nitrogens with zero attached hydrogens (tertiary/aromatic N) is 1. The number of hydrogen-bond donors (Lipinski definition) is 0. The van der Waals surface area contributed by atoms with Crippen LogP contribution in [0.5, 0.6) is 0 Å². The highest BCUT2D eigenvalue weighted by Crippen LogP contribution is 2.32. The predicted molar refractivity (Wildman–Crippen MR) is 82.9 cm³/mol. The van der Waals surface area contributed by atoms with Gasteiger partial charge in [-0.2, -0.15) is 4.31 Å². The van der Waals surface area contributed by atoms with E-state index in [4.69, 9.17) is 23.2 Å². The number of rotatable bonds is 3. The van der Waals surface area contributed by atoms with Crippen LogP contribution in [0.25, 0.3) is 0 Å². The molecule has 0 amide bonds. The van der Waals surface area contributed by atoms with E-state index in [1.807, 2.05) is 0 Å². The fourth-order valence-corrected chi connectivity index (χ4v) is 4.81. The van der Waals surface area contributed by atoms with E-state index in [2.05, 4.69) is 0 Å². The van der Waals surface area contributed by atoms with Gasteiger partial charge in [0.1, 0.15) is 4.90 Å². The molecule has 6 heteroatoms. The topological polar surface area (TPSA) is 37.4 Å². The van der Waals surface area contributed by atoms with Crippen LogP contribution in [0.2, 0.25) is 10.0 Å². The molecule has 0 aliphatic heterocycles. The average Bonchev–Trinajstić information content (AvgIpc) is 2.69. The van der Waals surface area contributed by atoms with Crippen LogP contribution < -0.4 is 0 Å². The van der Waals surface area contributed by atoms with Crippen molar-refractivity contribution in [3.8, 4) is 0 Å². The maximum Gasteiger partial charge on any atom is 0.244 e. The zero-order valence-electron chi connectivity index (χ0n) is 11.5. The van der Waals surface area contributed by atoms with Crippen LogP contribution in [-0.2, 0) is 10.0 Å². The Morgan fingerprint density at radius 1 is 1.10 bits per heavy atom. The Hall–Kier alpha value is -0.290. The Bertz CT molecular complexity index is 567. The van der Waals surface area contributed by atoms with Crippen molar-refractivity contribution >= 4 is 33.2 Å². The summed E-state index contributed by atoms with van der Waals surface area (Å²) in [5, 5.41) is 0.372. The molecule has 0 heterocycles. The summed E-state index contributed by atoms with van der Waals surface area (Å²) in [5.74, 6) is 0. The predicted octanol–water partition coefficient (Wildman–Crippen LogP) is 4.34.